The van der Waals surface area contributed by atoms with E-state index in [2.05, 4.69) is 31.3 Å². The number of nitrogens with one attached hydrogen (secondary N) is 1. The molecule has 2 heterocycles. The van der Waals surface area contributed by atoms with Crippen molar-refractivity contribution in [3.8, 4) is 0 Å². The molecule has 0 bridgehead atoms. The fourth-order valence-corrected chi connectivity index (χ4v) is 2.27. The maximum absolute atomic E-state index is 11.6. The molecule has 5 nitrogen and oxygen atoms in total. The summed E-state index contributed by atoms with van der Waals surface area (Å²) in [5, 5.41) is 0. The molecule has 0 unspecified atom stereocenters. The molecule has 1 N–H and O–H groups in total. The van der Waals surface area contributed by atoms with Gasteiger partial charge in [0.25, 0.3) is 0 Å². The first kappa shape index (κ1) is 11.8. The van der Waals surface area contributed by atoms with Crippen molar-refractivity contribution in [1.29, 1.82) is 0 Å². The Balaban J connectivity index is 1.92. The van der Waals surface area contributed by atoms with E-state index in [1.807, 2.05) is 0 Å². The van der Waals surface area contributed by atoms with E-state index >= 15 is 0 Å². The van der Waals surface area contributed by atoms with E-state index in [9.17, 15) is 4.79 Å². The second-order valence-electron chi connectivity index (χ2n) is 5.06. The number of amides is 1. The molecule has 0 spiro atoms. The van der Waals surface area contributed by atoms with E-state index in [0.717, 1.165) is 12.8 Å². The van der Waals surface area contributed by atoms with Crippen molar-refractivity contribution in [3.63, 3.8) is 0 Å². The molecule has 0 aromatic rings. The van der Waals surface area contributed by atoms with Gasteiger partial charge < -0.3 is 4.74 Å². The van der Waals surface area contributed by atoms with Crippen LogP contribution in [-0.2, 0) is 14.4 Å². The van der Waals surface area contributed by atoms with Crippen LogP contribution < -0.4 is 5.48 Å². The molecule has 0 radical (unpaired) electrons. The van der Waals surface area contributed by atoms with E-state index in [1.54, 1.807) is 0 Å². The lowest BCUT2D eigenvalue weighted by Crippen LogP contribution is -2.44. The summed E-state index contributed by atoms with van der Waals surface area (Å²) < 4.78 is 5.70. The van der Waals surface area contributed by atoms with E-state index in [1.165, 1.54) is 0 Å². The molecule has 0 saturated carbocycles. The van der Waals surface area contributed by atoms with E-state index < -0.39 is 0 Å². The van der Waals surface area contributed by atoms with Gasteiger partial charge in [-0.15, -0.1) is 0 Å². The summed E-state index contributed by atoms with van der Waals surface area (Å²) >= 11 is 0. The standard InChI is InChI=1S/C11H20N2O3/c1-11(2)13(3)9(7-15-11)6-8-4-5-16-12-10(8)14/h8-9H,4-7H2,1-3H3,(H,12,14)/t8-,9-/m0/s1. The lowest BCUT2D eigenvalue weighted by Gasteiger charge is -2.31. The van der Waals surface area contributed by atoms with Crippen molar-refractivity contribution in [2.75, 3.05) is 20.3 Å². The Morgan fingerprint density at radius 3 is 2.88 bits per heavy atom. The number of hydrogen-bond acceptors (Lipinski definition) is 4. The monoisotopic (exact) mass is 228 g/mol. The van der Waals surface area contributed by atoms with Crippen LogP contribution in [0.2, 0.25) is 0 Å². The predicted octanol–water partition coefficient (Wildman–Crippen LogP) is 0.511. The van der Waals surface area contributed by atoms with Crippen molar-refractivity contribution >= 4 is 5.91 Å². The normalized spacial score (nSPS) is 35.1. The molecule has 0 aromatic heterocycles. The number of likely N-dealkylation sites (N-methyl/N-ethyl adjacent to an activating group) is 1. The molecular weight excluding hydrogens is 208 g/mol. The van der Waals surface area contributed by atoms with Crippen molar-refractivity contribution < 1.29 is 14.4 Å². The van der Waals surface area contributed by atoms with Gasteiger partial charge in [-0.3, -0.25) is 14.5 Å². The summed E-state index contributed by atoms with van der Waals surface area (Å²) in [5.74, 6) is 0.0584. The number of carbonyl (C=O) groups excluding carboxylic acids is 1. The van der Waals surface area contributed by atoms with Crippen LogP contribution in [0.25, 0.3) is 0 Å². The first-order valence-electron chi connectivity index (χ1n) is 5.79. The number of carbonyl (C=O) groups is 1. The van der Waals surface area contributed by atoms with Crippen LogP contribution in [0.1, 0.15) is 26.7 Å². The lowest BCUT2D eigenvalue weighted by atomic mass is 9.95. The maximum Gasteiger partial charge on any atom is 0.246 e. The minimum atomic E-state index is -0.216. The minimum Gasteiger partial charge on any atom is -0.359 e. The zero-order chi connectivity index (χ0) is 11.8. The third kappa shape index (κ3) is 2.21. The van der Waals surface area contributed by atoms with Crippen molar-refractivity contribution in [2.45, 2.75) is 38.5 Å². The Hall–Kier alpha value is -0.650. The Bertz CT molecular complexity index is 280. The highest BCUT2D eigenvalue weighted by Crippen LogP contribution is 2.29. The first-order chi connectivity index (χ1) is 7.50. The summed E-state index contributed by atoms with van der Waals surface area (Å²) in [6, 6.07) is 0.323. The number of nitrogens with zero attached hydrogens (tertiary/aromatic N) is 1. The molecule has 0 aromatic carbocycles. The van der Waals surface area contributed by atoms with Crippen LogP contribution in [0.15, 0.2) is 0 Å². The predicted molar refractivity (Wildman–Crippen MR) is 58.4 cm³/mol. The molecule has 2 atom stereocenters. The Labute approximate surface area is 96.0 Å². The largest absolute Gasteiger partial charge is 0.359 e. The molecule has 1 amide bonds. The molecule has 16 heavy (non-hydrogen) atoms. The summed E-state index contributed by atoms with van der Waals surface area (Å²) in [7, 11) is 2.05. The highest BCUT2D eigenvalue weighted by atomic mass is 16.7. The Morgan fingerprint density at radius 1 is 1.56 bits per heavy atom. The molecule has 92 valence electrons. The quantitative estimate of drug-likeness (QED) is 0.748. The summed E-state index contributed by atoms with van der Waals surface area (Å²) in [6.07, 6.45) is 1.64. The third-order valence-corrected chi connectivity index (χ3v) is 3.69. The van der Waals surface area contributed by atoms with Crippen LogP contribution in [0.4, 0.5) is 0 Å². The molecule has 2 saturated heterocycles. The van der Waals surface area contributed by atoms with Crippen LogP contribution in [0.5, 0.6) is 0 Å². The van der Waals surface area contributed by atoms with E-state index in [-0.39, 0.29) is 17.6 Å². The van der Waals surface area contributed by atoms with Gasteiger partial charge in [-0.2, -0.15) is 0 Å². The number of ether oxygens (including phenoxy) is 1. The van der Waals surface area contributed by atoms with Crippen molar-refractivity contribution in [3.05, 3.63) is 0 Å². The number of hydrogen-bond donors (Lipinski definition) is 1. The average molecular weight is 228 g/mol. The van der Waals surface area contributed by atoms with E-state index in [0.29, 0.717) is 19.3 Å². The Morgan fingerprint density at radius 2 is 2.31 bits per heavy atom. The highest BCUT2D eigenvalue weighted by molar-refractivity contribution is 5.78. The highest BCUT2D eigenvalue weighted by Gasteiger charge is 2.39. The molecule has 2 aliphatic heterocycles. The van der Waals surface area contributed by atoms with Gasteiger partial charge in [0.15, 0.2) is 0 Å². The smallest absolute Gasteiger partial charge is 0.246 e. The topological polar surface area (TPSA) is 50.8 Å². The van der Waals surface area contributed by atoms with Gasteiger partial charge in [0, 0.05) is 12.0 Å². The summed E-state index contributed by atoms with van der Waals surface area (Å²) in [6.45, 7) is 5.42. The van der Waals surface area contributed by atoms with Crippen LogP contribution in [0, 0.1) is 5.92 Å². The second kappa shape index (κ2) is 4.31. The van der Waals surface area contributed by atoms with Gasteiger partial charge in [0.2, 0.25) is 5.91 Å². The summed E-state index contributed by atoms with van der Waals surface area (Å²) in [5.41, 5.74) is 2.23. The van der Waals surface area contributed by atoms with Crippen molar-refractivity contribution in [1.82, 2.24) is 10.4 Å². The van der Waals surface area contributed by atoms with Gasteiger partial charge >= 0.3 is 0 Å². The van der Waals surface area contributed by atoms with Crippen LogP contribution >= 0.6 is 0 Å². The fraction of sp³-hybridized carbons (Fsp3) is 0.909. The third-order valence-electron chi connectivity index (χ3n) is 3.69. The Kier molecular flexibility index (Phi) is 3.19. The molecule has 0 aliphatic carbocycles. The zero-order valence-electron chi connectivity index (χ0n) is 10.2. The SMILES string of the molecule is CN1[C@@H](C[C@@H]2CCONC2=O)COC1(C)C. The average Bonchev–Trinajstić information content (AvgIpc) is 2.49. The van der Waals surface area contributed by atoms with Crippen LogP contribution in [-0.4, -0.2) is 42.8 Å². The van der Waals surface area contributed by atoms with Crippen LogP contribution in [0.3, 0.4) is 0 Å². The molecule has 2 aliphatic rings. The number of rotatable bonds is 2. The van der Waals surface area contributed by atoms with E-state index in [4.69, 9.17) is 9.57 Å². The molecular formula is C11H20N2O3. The molecule has 2 fully saturated rings. The minimum absolute atomic E-state index is 0.00403. The molecule has 5 heteroatoms. The van der Waals surface area contributed by atoms with Crippen molar-refractivity contribution in [2.24, 2.45) is 5.92 Å². The number of hydroxylamine groups is 1. The zero-order valence-corrected chi connectivity index (χ0v) is 10.2. The van der Waals surface area contributed by atoms with Gasteiger partial charge in [-0.1, -0.05) is 0 Å². The summed E-state index contributed by atoms with van der Waals surface area (Å²) in [4.78, 5) is 18.7. The fourth-order valence-electron chi connectivity index (χ4n) is 2.27. The lowest BCUT2D eigenvalue weighted by molar-refractivity contribution is -0.146. The second-order valence-corrected chi connectivity index (χ2v) is 5.06. The first-order valence-corrected chi connectivity index (χ1v) is 5.79. The van der Waals surface area contributed by atoms with Gasteiger partial charge in [-0.05, 0) is 33.7 Å². The van der Waals surface area contributed by atoms with Gasteiger partial charge in [0.1, 0.15) is 5.72 Å². The van der Waals surface area contributed by atoms with Gasteiger partial charge in [-0.25, -0.2) is 5.48 Å². The molecule has 2 rings (SSSR count). The maximum atomic E-state index is 11.6. The van der Waals surface area contributed by atoms with Gasteiger partial charge in [0.05, 0.1) is 13.2 Å².